The van der Waals surface area contributed by atoms with Crippen LogP contribution in [0.4, 0.5) is 5.69 Å². The molecule has 1 aromatic heterocycles. The highest BCUT2D eigenvalue weighted by atomic mass is 32.1. The van der Waals surface area contributed by atoms with Crippen molar-refractivity contribution < 1.29 is 19.2 Å². The van der Waals surface area contributed by atoms with Crippen LogP contribution in [0.1, 0.15) is 32.0 Å². The van der Waals surface area contributed by atoms with Gasteiger partial charge in [-0.1, -0.05) is 29.8 Å². The highest BCUT2D eigenvalue weighted by Crippen LogP contribution is 2.24. The van der Waals surface area contributed by atoms with Crippen molar-refractivity contribution >= 4 is 28.9 Å². The molecule has 0 saturated carbocycles. The van der Waals surface area contributed by atoms with Crippen LogP contribution >= 0.6 is 11.3 Å². The van der Waals surface area contributed by atoms with Crippen LogP contribution in [-0.4, -0.2) is 35.4 Å². The average Bonchev–Trinajstić information content (AvgIpc) is 3.22. The van der Waals surface area contributed by atoms with Crippen LogP contribution in [0.15, 0.2) is 47.8 Å². The summed E-state index contributed by atoms with van der Waals surface area (Å²) in [6, 6.07) is 11.6. The van der Waals surface area contributed by atoms with Gasteiger partial charge in [-0.25, -0.2) is 9.78 Å². The first-order valence-electron chi connectivity index (χ1n) is 9.05. The molecular formula is C21H19N3O5S. The third kappa shape index (κ3) is 5.06. The van der Waals surface area contributed by atoms with E-state index >= 15 is 0 Å². The smallest absolute Gasteiger partial charge is 0.338 e. The highest BCUT2D eigenvalue weighted by molar-refractivity contribution is 7.13. The molecule has 0 saturated heterocycles. The molecule has 0 bridgehead atoms. The van der Waals surface area contributed by atoms with E-state index in [0.717, 1.165) is 28.4 Å². The lowest BCUT2D eigenvalue weighted by Crippen LogP contribution is -2.26. The molecule has 0 unspecified atom stereocenters. The van der Waals surface area contributed by atoms with Gasteiger partial charge in [-0.15, -0.1) is 11.3 Å². The molecule has 0 aliphatic rings. The first-order chi connectivity index (χ1) is 14.4. The number of carbonyl (C=O) groups is 2. The second-order valence-corrected chi connectivity index (χ2v) is 7.39. The molecule has 0 spiro atoms. The van der Waals surface area contributed by atoms with Crippen LogP contribution in [0.3, 0.4) is 0 Å². The Balaban J connectivity index is 1.65. The zero-order chi connectivity index (χ0) is 21.7. The number of non-ortho nitro benzene ring substituents is 1. The summed E-state index contributed by atoms with van der Waals surface area (Å²) in [5.74, 6) is -1.27. The van der Waals surface area contributed by atoms with Gasteiger partial charge in [-0.2, -0.15) is 0 Å². The molecule has 1 heterocycles. The molecule has 0 aliphatic carbocycles. The Labute approximate surface area is 176 Å². The summed E-state index contributed by atoms with van der Waals surface area (Å²) < 4.78 is 4.59. The van der Waals surface area contributed by atoms with Crippen LogP contribution in [0.25, 0.3) is 10.6 Å². The number of nitrogens with zero attached hydrogens (tertiary/aromatic N) is 2. The van der Waals surface area contributed by atoms with Crippen LogP contribution in [-0.2, 0) is 11.2 Å². The van der Waals surface area contributed by atoms with Crippen molar-refractivity contribution in [2.45, 2.75) is 13.3 Å². The molecule has 0 aliphatic heterocycles. The molecule has 1 amide bonds. The number of carbonyl (C=O) groups excluding carboxylic acids is 2. The summed E-state index contributed by atoms with van der Waals surface area (Å²) >= 11 is 1.53. The average molecular weight is 425 g/mol. The fourth-order valence-corrected chi connectivity index (χ4v) is 3.60. The van der Waals surface area contributed by atoms with E-state index in [1.54, 1.807) is 0 Å². The molecular weight excluding hydrogens is 406 g/mol. The Bertz CT molecular complexity index is 1090. The molecule has 0 atom stereocenters. The van der Waals surface area contributed by atoms with Crippen molar-refractivity contribution in [1.82, 2.24) is 10.3 Å². The lowest BCUT2D eigenvalue weighted by molar-refractivity contribution is -0.384. The Morgan fingerprint density at radius 2 is 1.87 bits per heavy atom. The molecule has 3 aromatic rings. The van der Waals surface area contributed by atoms with Gasteiger partial charge in [-0.3, -0.25) is 14.9 Å². The summed E-state index contributed by atoms with van der Waals surface area (Å²) in [6.07, 6.45) is 0.507. The SMILES string of the molecule is COC(=O)c1cc(C(=O)NCCc2csc(-c3ccc(C)cc3)n2)cc([N+](=O)[O-])c1. The van der Waals surface area contributed by atoms with Gasteiger partial charge < -0.3 is 10.1 Å². The van der Waals surface area contributed by atoms with Gasteiger partial charge in [-0.05, 0) is 13.0 Å². The Hall–Kier alpha value is -3.59. The Kier molecular flexibility index (Phi) is 6.53. The van der Waals surface area contributed by atoms with Gasteiger partial charge in [0.2, 0.25) is 0 Å². The van der Waals surface area contributed by atoms with Crippen LogP contribution in [0.2, 0.25) is 0 Å². The lowest BCUT2D eigenvalue weighted by Gasteiger charge is -2.06. The third-order valence-corrected chi connectivity index (χ3v) is 5.27. The number of rotatable bonds is 7. The highest BCUT2D eigenvalue weighted by Gasteiger charge is 2.18. The van der Waals surface area contributed by atoms with Crippen molar-refractivity contribution in [2.75, 3.05) is 13.7 Å². The minimum absolute atomic E-state index is 0.0169. The standard InChI is InChI=1S/C21H19N3O5S/c1-13-3-5-14(6-4-13)20-23-17(12-30-20)7-8-22-19(25)15-9-16(21(26)29-2)11-18(10-15)24(27)28/h3-6,9-12H,7-8H2,1-2H3,(H,22,25). The summed E-state index contributed by atoms with van der Waals surface area (Å²) in [4.78, 5) is 39.2. The zero-order valence-corrected chi connectivity index (χ0v) is 17.2. The van der Waals surface area contributed by atoms with Crippen molar-refractivity contribution in [2.24, 2.45) is 0 Å². The maximum atomic E-state index is 12.4. The first-order valence-corrected chi connectivity index (χ1v) is 9.93. The third-order valence-electron chi connectivity index (χ3n) is 4.33. The predicted octanol–water partition coefficient (Wildman–Crippen LogP) is 3.79. The minimum Gasteiger partial charge on any atom is -0.465 e. The molecule has 0 radical (unpaired) electrons. The maximum absolute atomic E-state index is 12.4. The predicted molar refractivity (Wildman–Crippen MR) is 113 cm³/mol. The Morgan fingerprint density at radius 3 is 2.53 bits per heavy atom. The van der Waals surface area contributed by atoms with Gasteiger partial charge in [0.15, 0.2) is 0 Å². The number of nitro benzene ring substituents is 1. The number of methoxy groups -OCH3 is 1. The molecule has 8 nitrogen and oxygen atoms in total. The normalized spacial score (nSPS) is 10.5. The van der Waals surface area contributed by atoms with Gasteiger partial charge in [0.25, 0.3) is 11.6 Å². The topological polar surface area (TPSA) is 111 Å². The van der Waals surface area contributed by atoms with Crippen LogP contribution < -0.4 is 5.32 Å². The van der Waals surface area contributed by atoms with Crippen molar-refractivity contribution in [1.29, 1.82) is 0 Å². The summed E-state index contributed by atoms with van der Waals surface area (Å²) in [6.45, 7) is 2.32. The monoisotopic (exact) mass is 425 g/mol. The quantitative estimate of drug-likeness (QED) is 0.350. The maximum Gasteiger partial charge on any atom is 0.338 e. The molecule has 2 aromatic carbocycles. The molecule has 30 heavy (non-hydrogen) atoms. The fourth-order valence-electron chi connectivity index (χ4n) is 2.74. The van der Waals surface area contributed by atoms with Crippen molar-refractivity contribution in [3.63, 3.8) is 0 Å². The summed E-state index contributed by atoms with van der Waals surface area (Å²) in [7, 11) is 1.17. The largest absolute Gasteiger partial charge is 0.465 e. The van der Waals surface area contributed by atoms with Gasteiger partial charge >= 0.3 is 5.97 Å². The molecule has 154 valence electrons. The number of nitrogens with one attached hydrogen (secondary N) is 1. The van der Waals surface area contributed by atoms with E-state index in [-0.39, 0.29) is 16.8 Å². The number of amides is 1. The fraction of sp³-hybridized carbons (Fsp3) is 0.190. The second-order valence-electron chi connectivity index (χ2n) is 6.53. The van der Waals surface area contributed by atoms with E-state index in [1.807, 2.05) is 36.6 Å². The van der Waals surface area contributed by atoms with E-state index in [4.69, 9.17) is 0 Å². The Morgan fingerprint density at radius 1 is 1.17 bits per heavy atom. The van der Waals surface area contributed by atoms with E-state index in [0.29, 0.717) is 13.0 Å². The zero-order valence-electron chi connectivity index (χ0n) is 16.4. The summed E-state index contributed by atoms with van der Waals surface area (Å²) in [5, 5.41) is 16.6. The second kappa shape index (κ2) is 9.27. The number of aromatic nitrogens is 1. The molecule has 9 heteroatoms. The lowest BCUT2D eigenvalue weighted by atomic mass is 10.1. The minimum atomic E-state index is -0.751. The number of hydrogen-bond donors (Lipinski definition) is 1. The number of ether oxygens (including phenoxy) is 1. The number of benzene rings is 2. The number of thiazole rings is 1. The first kappa shape index (κ1) is 21.1. The van der Waals surface area contributed by atoms with Crippen LogP contribution in [0, 0.1) is 17.0 Å². The number of hydrogen-bond acceptors (Lipinski definition) is 7. The summed E-state index contributed by atoms with van der Waals surface area (Å²) in [5.41, 5.74) is 2.65. The molecule has 3 rings (SSSR count). The van der Waals surface area contributed by atoms with Gasteiger partial charge in [0.1, 0.15) is 5.01 Å². The van der Waals surface area contributed by atoms with E-state index in [2.05, 4.69) is 15.0 Å². The van der Waals surface area contributed by atoms with Crippen molar-refractivity contribution in [3.8, 4) is 10.6 Å². The van der Waals surface area contributed by atoms with E-state index < -0.39 is 16.8 Å². The van der Waals surface area contributed by atoms with Crippen molar-refractivity contribution in [3.05, 3.63) is 80.3 Å². The van der Waals surface area contributed by atoms with E-state index in [1.165, 1.54) is 30.1 Å². The number of nitro groups is 1. The molecule has 1 N–H and O–H groups in total. The van der Waals surface area contributed by atoms with Gasteiger partial charge in [0, 0.05) is 41.6 Å². The van der Waals surface area contributed by atoms with Crippen LogP contribution in [0.5, 0.6) is 0 Å². The molecule has 0 fully saturated rings. The number of esters is 1. The van der Waals surface area contributed by atoms with Gasteiger partial charge in [0.05, 0.1) is 23.3 Å². The van der Waals surface area contributed by atoms with E-state index in [9.17, 15) is 19.7 Å². The number of aryl methyl sites for hydroxylation is 1.